The highest BCUT2D eigenvalue weighted by atomic mass is 32.2. The second-order valence-electron chi connectivity index (χ2n) is 4.33. The molecule has 2 rings (SSSR count). The number of thioether (sulfide) groups is 1. The second-order valence-corrected chi connectivity index (χ2v) is 6.56. The van der Waals surface area contributed by atoms with E-state index in [1.54, 1.807) is 0 Å². The summed E-state index contributed by atoms with van der Waals surface area (Å²) < 4.78 is 4.69. The van der Waals surface area contributed by atoms with E-state index in [1.807, 2.05) is 11.8 Å². The van der Waals surface area contributed by atoms with Crippen LogP contribution in [0.3, 0.4) is 0 Å². The van der Waals surface area contributed by atoms with Crippen LogP contribution in [-0.2, 0) is 4.74 Å². The van der Waals surface area contributed by atoms with Crippen LogP contribution in [0.5, 0.6) is 0 Å². The van der Waals surface area contributed by atoms with Gasteiger partial charge in [-0.15, -0.1) is 11.3 Å². The number of amides is 1. The molecule has 1 aromatic rings. The summed E-state index contributed by atoms with van der Waals surface area (Å²) in [5.41, 5.74) is 11.7. The molecule has 6 nitrogen and oxygen atoms in total. The van der Waals surface area contributed by atoms with Crippen LogP contribution in [0.1, 0.15) is 26.5 Å². The van der Waals surface area contributed by atoms with Gasteiger partial charge < -0.3 is 21.1 Å². The van der Waals surface area contributed by atoms with Crippen LogP contribution in [0.25, 0.3) is 0 Å². The summed E-state index contributed by atoms with van der Waals surface area (Å²) in [6.45, 7) is 1.64. The number of primary amides is 1. The van der Waals surface area contributed by atoms with Crippen LogP contribution in [0.2, 0.25) is 0 Å². The Morgan fingerprint density at radius 1 is 1.30 bits per heavy atom. The molecular weight excluding hydrogens is 298 g/mol. The first-order valence-corrected chi connectivity index (χ1v) is 8.16. The highest BCUT2D eigenvalue weighted by molar-refractivity contribution is 7.99. The lowest BCUT2D eigenvalue weighted by atomic mass is 10.2. The van der Waals surface area contributed by atoms with Crippen molar-refractivity contribution in [3.63, 3.8) is 0 Å². The van der Waals surface area contributed by atoms with E-state index in [4.69, 9.17) is 16.2 Å². The summed E-state index contributed by atoms with van der Waals surface area (Å²) in [4.78, 5) is 25.7. The minimum atomic E-state index is -0.610. The third-order valence-electron chi connectivity index (χ3n) is 3.05. The number of carbonyl (C=O) groups excluding carboxylic acids is 2. The average Bonchev–Trinajstić information content (AvgIpc) is 2.62. The lowest BCUT2D eigenvalue weighted by molar-refractivity contribution is 0.0607. The number of carbonyl (C=O) groups is 2. The van der Waals surface area contributed by atoms with Crippen molar-refractivity contribution in [3.05, 3.63) is 10.4 Å². The molecule has 2 heterocycles. The molecule has 0 aliphatic carbocycles. The zero-order valence-corrected chi connectivity index (χ0v) is 12.8. The third-order valence-corrected chi connectivity index (χ3v) is 5.35. The Hall–Kier alpha value is -1.41. The fraction of sp³-hybridized carbons (Fsp3) is 0.500. The number of nitrogens with two attached hydrogens (primary N) is 2. The molecule has 0 unspecified atom stereocenters. The number of esters is 1. The second kappa shape index (κ2) is 6.36. The largest absolute Gasteiger partial charge is 0.465 e. The van der Waals surface area contributed by atoms with Gasteiger partial charge in [0.05, 0.1) is 18.4 Å². The van der Waals surface area contributed by atoms with Gasteiger partial charge in [-0.2, -0.15) is 11.8 Å². The SMILES string of the molecule is COC(=O)c1sc(N2CCCSCC2)c(C(N)=O)c1N. The highest BCUT2D eigenvalue weighted by Gasteiger charge is 2.28. The molecular formula is C12H17N3O3S2. The summed E-state index contributed by atoms with van der Waals surface area (Å²) in [6.07, 6.45) is 1.02. The molecule has 4 N–H and O–H groups in total. The van der Waals surface area contributed by atoms with Crippen LogP contribution in [0.15, 0.2) is 0 Å². The number of rotatable bonds is 3. The van der Waals surface area contributed by atoms with E-state index in [2.05, 4.69) is 4.90 Å². The predicted octanol–water partition coefficient (Wildman–Crippen LogP) is 1.16. The Kier molecular flexibility index (Phi) is 4.77. The van der Waals surface area contributed by atoms with Crippen molar-refractivity contribution in [1.82, 2.24) is 0 Å². The van der Waals surface area contributed by atoms with Crippen LogP contribution in [0.4, 0.5) is 10.7 Å². The lowest BCUT2D eigenvalue weighted by Crippen LogP contribution is -2.27. The maximum atomic E-state index is 11.7. The molecule has 1 aromatic heterocycles. The first-order valence-electron chi connectivity index (χ1n) is 6.19. The maximum absolute atomic E-state index is 11.7. The summed E-state index contributed by atoms with van der Waals surface area (Å²) in [6, 6.07) is 0. The molecule has 1 fully saturated rings. The number of thiophene rings is 1. The molecule has 0 saturated carbocycles. The van der Waals surface area contributed by atoms with E-state index in [9.17, 15) is 9.59 Å². The van der Waals surface area contributed by atoms with Crippen molar-refractivity contribution < 1.29 is 14.3 Å². The van der Waals surface area contributed by atoms with Gasteiger partial charge in [0.15, 0.2) is 0 Å². The number of methoxy groups -OCH3 is 1. The third kappa shape index (κ3) is 2.85. The first kappa shape index (κ1) is 15.0. The molecule has 0 bridgehead atoms. The number of nitrogen functional groups attached to an aromatic ring is 1. The first-order chi connectivity index (χ1) is 9.56. The number of ether oxygens (including phenoxy) is 1. The average molecular weight is 315 g/mol. The summed E-state index contributed by atoms with van der Waals surface area (Å²) >= 11 is 3.05. The minimum absolute atomic E-state index is 0.126. The zero-order valence-electron chi connectivity index (χ0n) is 11.2. The van der Waals surface area contributed by atoms with Gasteiger partial charge in [-0.1, -0.05) is 0 Å². The van der Waals surface area contributed by atoms with Crippen LogP contribution >= 0.6 is 23.1 Å². The monoisotopic (exact) mass is 315 g/mol. The molecule has 1 amide bonds. The molecule has 0 spiro atoms. The normalized spacial score (nSPS) is 15.8. The Bertz CT molecular complexity index is 522. The number of nitrogens with zero attached hydrogens (tertiary/aromatic N) is 1. The topological polar surface area (TPSA) is 98.6 Å². The summed E-state index contributed by atoms with van der Waals surface area (Å²) in [7, 11) is 1.29. The molecule has 0 radical (unpaired) electrons. The van der Waals surface area contributed by atoms with Gasteiger partial charge >= 0.3 is 5.97 Å². The van der Waals surface area contributed by atoms with E-state index in [0.29, 0.717) is 5.00 Å². The number of hydrogen-bond donors (Lipinski definition) is 2. The Morgan fingerprint density at radius 3 is 2.70 bits per heavy atom. The fourth-order valence-corrected chi connectivity index (χ4v) is 4.17. The molecule has 110 valence electrons. The van der Waals surface area contributed by atoms with Gasteiger partial charge in [0.2, 0.25) is 0 Å². The van der Waals surface area contributed by atoms with Gasteiger partial charge in [0.25, 0.3) is 5.91 Å². The van der Waals surface area contributed by atoms with Gasteiger partial charge in [0.1, 0.15) is 9.88 Å². The molecule has 1 saturated heterocycles. The lowest BCUT2D eigenvalue weighted by Gasteiger charge is -2.21. The Balaban J connectivity index is 2.44. The molecule has 20 heavy (non-hydrogen) atoms. The zero-order chi connectivity index (χ0) is 14.7. The Labute approximate surface area is 125 Å². The van der Waals surface area contributed by atoms with Crippen molar-refractivity contribution in [1.29, 1.82) is 0 Å². The van der Waals surface area contributed by atoms with E-state index < -0.39 is 11.9 Å². The molecule has 0 atom stereocenters. The summed E-state index contributed by atoms with van der Waals surface area (Å²) in [5.74, 6) is 0.919. The Morgan fingerprint density at radius 2 is 2.05 bits per heavy atom. The number of anilines is 2. The molecule has 0 aromatic carbocycles. The van der Waals surface area contributed by atoms with Crippen molar-refractivity contribution in [2.75, 3.05) is 42.3 Å². The molecule has 8 heteroatoms. The van der Waals surface area contributed by atoms with Crippen molar-refractivity contribution in [3.8, 4) is 0 Å². The van der Waals surface area contributed by atoms with E-state index in [0.717, 1.165) is 31.0 Å². The van der Waals surface area contributed by atoms with Crippen LogP contribution < -0.4 is 16.4 Å². The van der Waals surface area contributed by atoms with Gasteiger partial charge in [0, 0.05) is 18.8 Å². The minimum Gasteiger partial charge on any atom is -0.465 e. The van der Waals surface area contributed by atoms with Crippen molar-refractivity contribution in [2.24, 2.45) is 5.73 Å². The van der Waals surface area contributed by atoms with Crippen LogP contribution in [-0.4, -0.2) is 43.6 Å². The standard InChI is InChI=1S/C12H17N3O3S2/c1-18-12(17)9-8(13)7(10(14)16)11(20-9)15-3-2-5-19-6-4-15/h2-6,13H2,1H3,(H2,14,16). The van der Waals surface area contributed by atoms with Crippen molar-refractivity contribution in [2.45, 2.75) is 6.42 Å². The molecule has 1 aliphatic rings. The van der Waals surface area contributed by atoms with E-state index >= 15 is 0 Å². The predicted molar refractivity (Wildman–Crippen MR) is 82.7 cm³/mol. The van der Waals surface area contributed by atoms with Gasteiger partial charge in [-0.25, -0.2) is 4.79 Å². The smallest absolute Gasteiger partial charge is 0.350 e. The van der Waals surface area contributed by atoms with Gasteiger partial charge in [-0.3, -0.25) is 4.79 Å². The number of hydrogen-bond acceptors (Lipinski definition) is 7. The quantitative estimate of drug-likeness (QED) is 0.812. The molecule has 1 aliphatic heterocycles. The fourth-order valence-electron chi connectivity index (χ4n) is 2.09. The van der Waals surface area contributed by atoms with E-state index in [-0.39, 0.29) is 16.1 Å². The van der Waals surface area contributed by atoms with Crippen LogP contribution in [0, 0.1) is 0 Å². The summed E-state index contributed by atoms with van der Waals surface area (Å²) in [5, 5.41) is 0.679. The van der Waals surface area contributed by atoms with Gasteiger partial charge in [-0.05, 0) is 12.2 Å². The van der Waals surface area contributed by atoms with Crippen molar-refractivity contribution >= 4 is 45.7 Å². The van der Waals surface area contributed by atoms with E-state index in [1.165, 1.54) is 18.4 Å². The maximum Gasteiger partial charge on any atom is 0.350 e. The highest BCUT2D eigenvalue weighted by Crippen LogP contribution is 2.39.